The van der Waals surface area contributed by atoms with Gasteiger partial charge >= 0.3 is 0 Å². The molecule has 2 aliphatic heterocycles. The first kappa shape index (κ1) is 22.9. The summed E-state index contributed by atoms with van der Waals surface area (Å²) in [4.78, 5) is 50.2. The van der Waals surface area contributed by atoms with E-state index in [-0.39, 0.29) is 30.6 Å². The molecule has 1 aromatic carbocycles. The van der Waals surface area contributed by atoms with E-state index < -0.39 is 29.7 Å². The number of imide groups is 2. The number of amides is 4. The fraction of sp³-hybridized carbons (Fsp3) is 0.524. The van der Waals surface area contributed by atoms with E-state index in [0.717, 1.165) is 11.3 Å². The van der Waals surface area contributed by atoms with Crippen LogP contribution in [0.1, 0.15) is 46.4 Å². The molecule has 1 unspecified atom stereocenters. The van der Waals surface area contributed by atoms with E-state index in [1.54, 1.807) is 18.2 Å². The standard InChI is InChI=1S/C21H27N3O7/c25-9-1-2-10-30-12-13-31-11-8-22-15-5-3-4-14-18(15)21(29)24(20(14)28)16-6-7-17(26)23-19(16)27/h3-5,16,22,25H,1-2,6-13H2,(H,23,26,27). The second kappa shape index (κ2) is 11.0. The van der Waals surface area contributed by atoms with Crippen molar-refractivity contribution in [3.05, 3.63) is 29.3 Å². The minimum absolute atomic E-state index is 0.0808. The third kappa shape index (κ3) is 5.46. The van der Waals surface area contributed by atoms with Crippen molar-refractivity contribution in [2.24, 2.45) is 0 Å². The number of nitrogens with zero attached hydrogens (tertiary/aromatic N) is 1. The van der Waals surface area contributed by atoms with Gasteiger partial charge in [-0.05, 0) is 31.4 Å². The van der Waals surface area contributed by atoms with Crippen LogP contribution in [-0.4, -0.2) is 79.3 Å². The van der Waals surface area contributed by atoms with Crippen molar-refractivity contribution in [1.82, 2.24) is 10.2 Å². The molecule has 0 aromatic heterocycles. The molecule has 0 radical (unpaired) electrons. The summed E-state index contributed by atoms with van der Waals surface area (Å²) < 4.78 is 10.9. The van der Waals surface area contributed by atoms with Crippen LogP contribution in [0, 0.1) is 0 Å². The summed E-state index contributed by atoms with van der Waals surface area (Å²) in [5.41, 5.74) is 0.954. The molecule has 2 aliphatic rings. The maximum Gasteiger partial charge on any atom is 0.264 e. The van der Waals surface area contributed by atoms with Crippen LogP contribution < -0.4 is 10.6 Å². The van der Waals surface area contributed by atoms with Crippen molar-refractivity contribution in [3.63, 3.8) is 0 Å². The highest BCUT2D eigenvalue weighted by atomic mass is 16.5. The van der Waals surface area contributed by atoms with Gasteiger partial charge in [0.05, 0.1) is 30.9 Å². The third-order valence-electron chi connectivity index (χ3n) is 5.10. The highest BCUT2D eigenvalue weighted by Gasteiger charge is 2.45. The summed E-state index contributed by atoms with van der Waals surface area (Å²) in [6, 6.07) is 3.93. The van der Waals surface area contributed by atoms with Crippen LogP contribution in [0.5, 0.6) is 0 Å². The van der Waals surface area contributed by atoms with Gasteiger partial charge in [-0.1, -0.05) is 6.07 Å². The first-order valence-corrected chi connectivity index (χ1v) is 10.4. The number of piperidine rings is 1. The zero-order chi connectivity index (χ0) is 22.2. The second-order valence-electron chi connectivity index (χ2n) is 7.26. The molecule has 31 heavy (non-hydrogen) atoms. The van der Waals surface area contributed by atoms with Crippen LogP contribution in [0.4, 0.5) is 5.69 Å². The number of nitrogens with one attached hydrogen (secondary N) is 2. The summed E-state index contributed by atoms with van der Waals surface area (Å²) >= 11 is 0. The Labute approximate surface area is 179 Å². The maximum atomic E-state index is 13.0. The van der Waals surface area contributed by atoms with Crippen LogP contribution in [-0.2, 0) is 19.1 Å². The molecule has 1 fully saturated rings. The summed E-state index contributed by atoms with van der Waals surface area (Å²) in [5, 5.41) is 14.0. The molecule has 168 valence electrons. The van der Waals surface area contributed by atoms with Gasteiger partial charge in [-0.2, -0.15) is 0 Å². The number of hydrogen-bond donors (Lipinski definition) is 3. The lowest BCUT2D eigenvalue weighted by Crippen LogP contribution is -2.54. The van der Waals surface area contributed by atoms with Crippen LogP contribution in [0.15, 0.2) is 18.2 Å². The highest BCUT2D eigenvalue weighted by Crippen LogP contribution is 2.32. The zero-order valence-electron chi connectivity index (χ0n) is 17.2. The lowest BCUT2D eigenvalue weighted by Gasteiger charge is -2.27. The van der Waals surface area contributed by atoms with Crippen molar-refractivity contribution in [1.29, 1.82) is 0 Å². The Morgan fingerprint density at radius 1 is 1.03 bits per heavy atom. The number of unbranched alkanes of at least 4 members (excludes halogenated alkanes) is 1. The van der Waals surface area contributed by atoms with E-state index in [1.807, 2.05) is 0 Å². The number of rotatable bonds is 12. The molecule has 1 atom stereocenters. The molecule has 4 amide bonds. The predicted octanol–water partition coefficient (Wildman–Crippen LogP) is 0.305. The van der Waals surface area contributed by atoms with Gasteiger partial charge in [-0.25, -0.2) is 0 Å². The van der Waals surface area contributed by atoms with Gasteiger partial charge < -0.3 is 19.9 Å². The van der Waals surface area contributed by atoms with Gasteiger partial charge in [0, 0.05) is 31.9 Å². The topological polar surface area (TPSA) is 134 Å². The Hall–Kier alpha value is -2.82. The number of aliphatic hydroxyl groups excluding tert-OH is 1. The number of hydrogen-bond acceptors (Lipinski definition) is 8. The number of carbonyl (C=O) groups is 4. The molecule has 10 heteroatoms. The first-order valence-electron chi connectivity index (χ1n) is 10.4. The van der Waals surface area contributed by atoms with Crippen LogP contribution >= 0.6 is 0 Å². The summed E-state index contributed by atoms with van der Waals surface area (Å²) in [6.07, 6.45) is 1.72. The number of carbonyl (C=O) groups excluding carboxylic acids is 4. The van der Waals surface area contributed by atoms with Crippen LogP contribution in [0.3, 0.4) is 0 Å². The minimum Gasteiger partial charge on any atom is -0.396 e. The van der Waals surface area contributed by atoms with E-state index in [0.29, 0.717) is 45.1 Å². The smallest absolute Gasteiger partial charge is 0.264 e. The molecule has 0 bridgehead atoms. The van der Waals surface area contributed by atoms with Crippen LogP contribution in [0.25, 0.3) is 0 Å². The van der Waals surface area contributed by atoms with E-state index in [2.05, 4.69) is 10.6 Å². The Morgan fingerprint density at radius 3 is 2.55 bits per heavy atom. The Balaban J connectivity index is 1.51. The molecule has 0 saturated carbocycles. The molecule has 1 aromatic rings. The predicted molar refractivity (Wildman–Crippen MR) is 110 cm³/mol. The van der Waals surface area contributed by atoms with E-state index >= 15 is 0 Å². The van der Waals surface area contributed by atoms with Crippen LogP contribution in [0.2, 0.25) is 0 Å². The summed E-state index contributed by atoms with van der Waals surface area (Å²) in [7, 11) is 0. The number of anilines is 1. The number of benzene rings is 1. The van der Waals surface area contributed by atoms with Gasteiger partial charge in [0.15, 0.2) is 0 Å². The van der Waals surface area contributed by atoms with E-state index in [1.165, 1.54) is 0 Å². The van der Waals surface area contributed by atoms with Gasteiger partial charge in [0.25, 0.3) is 11.8 Å². The monoisotopic (exact) mass is 433 g/mol. The van der Waals surface area contributed by atoms with Gasteiger partial charge in [0.1, 0.15) is 6.04 Å². The Bertz CT molecular complexity index is 842. The quantitative estimate of drug-likeness (QED) is 0.317. The van der Waals surface area contributed by atoms with Crippen molar-refractivity contribution in [3.8, 4) is 0 Å². The summed E-state index contributed by atoms with van der Waals surface area (Å²) in [5.74, 6) is -2.12. The molecular weight excluding hydrogens is 406 g/mol. The lowest BCUT2D eigenvalue weighted by molar-refractivity contribution is -0.136. The molecule has 3 rings (SSSR count). The molecule has 2 heterocycles. The maximum absolute atomic E-state index is 13.0. The molecule has 3 N–H and O–H groups in total. The van der Waals surface area contributed by atoms with Gasteiger partial charge in [0.2, 0.25) is 11.8 Å². The number of aliphatic hydroxyl groups is 1. The van der Waals surface area contributed by atoms with Crippen molar-refractivity contribution >= 4 is 29.3 Å². The zero-order valence-corrected chi connectivity index (χ0v) is 17.2. The van der Waals surface area contributed by atoms with Gasteiger partial charge in [-0.3, -0.25) is 29.4 Å². The summed E-state index contributed by atoms with van der Waals surface area (Å²) in [6.45, 7) is 2.42. The third-order valence-corrected chi connectivity index (χ3v) is 5.10. The average molecular weight is 433 g/mol. The van der Waals surface area contributed by atoms with E-state index in [9.17, 15) is 19.2 Å². The lowest BCUT2D eigenvalue weighted by atomic mass is 10.0. The van der Waals surface area contributed by atoms with Gasteiger partial charge in [-0.15, -0.1) is 0 Å². The fourth-order valence-corrected chi connectivity index (χ4v) is 3.56. The fourth-order valence-electron chi connectivity index (χ4n) is 3.56. The van der Waals surface area contributed by atoms with Crippen molar-refractivity contribution < 1.29 is 33.8 Å². The SMILES string of the molecule is O=C1CCC(N2C(=O)c3cccc(NCCOCCOCCCCO)c3C2=O)C(=O)N1. The van der Waals surface area contributed by atoms with E-state index in [4.69, 9.17) is 14.6 Å². The second-order valence-corrected chi connectivity index (χ2v) is 7.26. The van der Waals surface area contributed by atoms with Crippen molar-refractivity contribution in [2.45, 2.75) is 31.7 Å². The Morgan fingerprint density at radius 2 is 1.81 bits per heavy atom. The molecule has 0 aliphatic carbocycles. The largest absolute Gasteiger partial charge is 0.396 e. The molecule has 10 nitrogen and oxygen atoms in total. The first-order chi connectivity index (χ1) is 15.0. The average Bonchev–Trinajstić information content (AvgIpc) is 3.01. The molecular formula is C21H27N3O7. The molecule has 1 saturated heterocycles. The molecule has 0 spiro atoms. The highest BCUT2D eigenvalue weighted by molar-refractivity contribution is 6.25. The number of fused-ring (bicyclic) bond motifs is 1. The number of ether oxygens (including phenoxy) is 2. The van der Waals surface area contributed by atoms with Crippen molar-refractivity contribution in [2.75, 3.05) is 44.9 Å². The minimum atomic E-state index is -0.987. The normalized spacial score (nSPS) is 18.4. The Kier molecular flexibility index (Phi) is 8.10.